The maximum Gasteiger partial charge on any atom is 0.387 e. The minimum Gasteiger partial charge on any atom is -0.434 e. The van der Waals surface area contributed by atoms with Gasteiger partial charge < -0.3 is 15.4 Å². The Labute approximate surface area is 186 Å². The van der Waals surface area contributed by atoms with Gasteiger partial charge in [-0.15, -0.1) is 0 Å². The molecule has 0 saturated carbocycles. The van der Waals surface area contributed by atoms with E-state index in [1.54, 1.807) is 54.6 Å². The Hall–Kier alpha value is -3.26. The smallest absolute Gasteiger partial charge is 0.387 e. The minimum atomic E-state index is -2.97. The molecular weight excluding hydrogens is 470 g/mol. The molecule has 0 saturated heterocycles. The van der Waals surface area contributed by atoms with Gasteiger partial charge in [0.2, 0.25) is 0 Å². The number of ether oxygens (including phenoxy) is 1. The molecule has 3 aromatic carbocycles. The molecule has 2 N–H and O–H groups in total. The second-order valence-electron chi connectivity index (χ2n) is 6.66. The second kappa shape index (κ2) is 10.2. The molecule has 0 aliphatic rings. The van der Waals surface area contributed by atoms with Crippen LogP contribution in [0.2, 0.25) is 0 Å². The van der Waals surface area contributed by atoms with Gasteiger partial charge in [-0.3, -0.25) is 9.59 Å². The number of carbonyl (C=O) groups is 2. The topological polar surface area (TPSA) is 67.4 Å². The van der Waals surface area contributed by atoms with E-state index < -0.39 is 12.5 Å². The van der Waals surface area contributed by atoms with E-state index in [2.05, 4.69) is 31.3 Å². The van der Waals surface area contributed by atoms with Gasteiger partial charge in [0.1, 0.15) is 5.75 Å². The van der Waals surface area contributed by atoms with Gasteiger partial charge in [-0.05, 0) is 55.0 Å². The summed E-state index contributed by atoms with van der Waals surface area (Å²) in [4.78, 5) is 25.1. The molecule has 0 bridgehead atoms. The molecule has 0 unspecified atom stereocenters. The number of hydrogen-bond donors (Lipinski definition) is 2. The van der Waals surface area contributed by atoms with Crippen LogP contribution in [0.15, 0.2) is 71.2 Å². The van der Waals surface area contributed by atoms with Gasteiger partial charge in [0.25, 0.3) is 11.8 Å². The molecule has 3 aromatic rings. The number of aryl methyl sites for hydroxylation is 1. The quantitative estimate of drug-likeness (QED) is 0.458. The van der Waals surface area contributed by atoms with Crippen molar-refractivity contribution in [2.75, 3.05) is 5.32 Å². The number of carbonyl (C=O) groups excluding carboxylic acids is 2. The van der Waals surface area contributed by atoms with E-state index in [-0.39, 0.29) is 18.2 Å². The molecule has 3 rings (SSSR count). The van der Waals surface area contributed by atoms with Gasteiger partial charge >= 0.3 is 6.61 Å². The van der Waals surface area contributed by atoms with Crippen molar-refractivity contribution in [3.63, 3.8) is 0 Å². The number of benzene rings is 3. The fraction of sp³-hybridized carbons (Fsp3) is 0.130. The first-order chi connectivity index (χ1) is 14.8. The van der Waals surface area contributed by atoms with Crippen LogP contribution in [-0.2, 0) is 6.54 Å². The molecule has 2 amide bonds. The summed E-state index contributed by atoms with van der Waals surface area (Å²) in [6.45, 7) is -1.17. The summed E-state index contributed by atoms with van der Waals surface area (Å²) in [7, 11) is 0. The number of nitrogens with one attached hydrogen (secondary N) is 2. The SMILES string of the molecule is Cc1ccc(C(=O)NCc2cc(Br)ccc2OC(F)F)cc1NC(=O)c1ccccc1. The number of halogens is 3. The third kappa shape index (κ3) is 6.11. The van der Waals surface area contributed by atoms with Gasteiger partial charge in [0.15, 0.2) is 0 Å². The Morgan fingerprint density at radius 2 is 1.71 bits per heavy atom. The Balaban J connectivity index is 1.72. The molecule has 0 spiro atoms. The van der Waals surface area contributed by atoms with E-state index in [0.29, 0.717) is 26.9 Å². The Bertz CT molecular complexity index is 1090. The predicted octanol–water partition coefficient (Wildman–Crippen LogP) is 5.54. The molecule has 0 aromatic heterocycles. The monoisotopic (exact) mass is 488 g/mol. The predicted molar refractivity (Wildman–Crippen MR) is 118 cm³/mol. The zero-order valence-corrected chi connectivity index (χ0v) is 18.1. The number of hydrogen-bond acceptors (Lipinski definition) is 3. The zero-order chi connectivity index (χ0) is 22.4. The zero-order valence-electron chi connectivity index (χ0n) is 16.5. The number of rotatable bonds is 7. The minimum absolute atomic E-state index is 0.0140. The molecule has 160 valence electrons. The number of alkyl halides is 2. The molecule has 0 fully saturated rings. The lowest BCUT2D eigenvalue weighted by atomic mass is 10.1. The summed E-state index contributed by atoms with van der Waals surface area (Å²) in [6.07, 6.45) is 0. The normalized spacial score (nSPS) is 10.6. The Morgan fingerprint density at radius 3 is 2.42 bits per heavy atom. The van der Waals surface area contributed by atoms with Crippen LogP contribution in [0.25, 0.3) is 0 Å². The van der Waals surface area contributed by atoms with Crippen LogP contribution in [0.5, 0.6) is 5.75 Å². The lowest BCUT2D eigenvalue weighted by Crippen LogP contribution is -2.23. The summed E-state index contributed by atoms with van der Waals surface area (Å²) in [5.41, 5.74) is 2.51. The second-order valence-corrected chi connectivity index (χ2v) is 7.58. The van der Waals surface area contributed by atoms with Crippen molar-refractivity contribution in [3.05, 3.63) is 93.5 Å². The van der Waals surface area contributed by atoms with Crippen molar-refractivity contribution < 1.29 is 23.1 Å². The molecule has 8 heteroatoms. The average Bonchev–Trinajstić information content (AvgIpc) is 2.75. The van der Waals surface area contributed by atoms with Crippen LogP contribution in [0, 0.1) is 6.92 Å². The highest BCUT2D eigenvalue weighted by molar-refractivity contribution is 9.10. The summed E-state index contributed by atoms with van der Waals surface area (Å²) in [5.74, 6) is -0.722. The van der Waals surface area contributed by atoms with Crippen molar-refractivity contribution in [2.45, 2.75) is 20.1 Å². The first kappa shape index (κ1) is 22.4. The van der Waals surface area contributed by atoms with Crippen LogP contribution in [-0.4, -0.2) is 18.4 Å². The van der Waals surface area contributed by atoms with E-state index in [0.717, 1.165) is 5.56 Å². The van der Waals surface area contributed by atoms with Gasteiger partial charge in [0, 0.05) is 33.4 Å². The van der Waals surface area contributed by atoms with Crippen molar-refractivity contribution >= 4 is 33.4 Å². The van der Waals surface area contributed by atoms with E-state index in [9.17, 15) is 18.4 Å². The fourth-order valence-electron chi connectivity index (χ4n) is 2.86. The third-order valence-corrected chi connectivity index (χ3v) is 4.96. The first-order valence-corrected chi connectivity index (χ1v) is 10.1. The lowest BCUT2D eigenvalue weighted by molar-refractivity contribution is -0.0504. The van der Waals surface area contributed by atoms with E-state index in [1.807, 2.05) is 13.0 Å². The van der Waals surface area contributed by atoms with Crippen LogP contribution >= 0.6 is 15.9 Å². The molecule has 5 nitrogen and oxygen atoms in total. The lowest BCUT2D eigenvalue weighted by Gasteiger charge is -2.13. The molecular formula is C23H19BrF2N2O3. The van der Waals surface area contributed by atoms with E-state index in [1.165, 1.54) is 6.07 Å². The highest BCUT2D eigenvalue weighted by Crippen LogP contribution is 2.25. The molecule has 0 radical (unpaired) electrons. The summed E-state index contributed by atoms with van der Waals surface area (Å²) < 4.78 is 30.4. The van der Waals surface area contributed by atoms with Crippen LogP contribution in [0.3, 0.4) is 0 Å². The van der Waals surface area contributed by atoms with Crippen LogP contribution in [0.1, 0.15) is 31.8 Å². The highest BCUT2D eigenvalue weighted by atomic mass is 79.9. The van der Waals surface area contributed by atoms with Crippen molar-refractivity contribution in [1.29, 1.82) is 0 Å². The van der Waals surface area contributed by atoms with E-state index >= 15 is 0 Å². The third-order valence-electron chi connectivity index (χ3n) is 4.46. The first-order valence-electron chi connectivity index (χ1n) is 9.32. The Kier molecular flexibility index (Phi) is 7.36. The maximum absolute atomic E-state index is 12.6. The Morgan fingerprint density at radius 1 is 0.968 bits per heavy atom. The number of amides is 2. The number of anilines is 1. The largest absolute Gasteiger partial charge is 0.434 e. The molecule has 0 aliphatic heterocycles. The standard InChI is InChI=1S/C23H19BrF2N2O3/c1-14-7-8-16(12-19(14)28-22(30)15-5-3-2-4-6-15)21(29)27-13-17-11-18(24)9-10-20(17)31-23(25)26/h2-12,23H,13H2,1H3,(H,27,29)(H,28,30). The fourth-order valence-corrected chi connectivity index (χ4v) is 3.27. The van der Waals surface area contributed by atoms with Gasteiger partial charge in [0.05, 0.1) is 0 Å². The van der Waals surface area contributed by atoms with Gasteiger partial charge in [-0.25, -0.2) is 0 Å². The maximum atomic E-state index is 12.6. The van der Waals surface area contributed by atoms with E-state index in [4.69, 9.17) is 0 Å². The summed E-state index contributed by atoms with van der Waals surface area (Å²) in [6, 6.07) is 18.2. The average molecular weight is 489 g/mol. The molecule has 0 heterocycles. The van der Waals surface area contributed by atoms with Gasteiger partial charge in [-0.1, -0.05) is 40.2 Å². The van der Waals surface area contributed by atoms with Crippen LogP contribution in [0.4, 0.5) is 14.5 Å². The van der Waals surface area contributed by atoms with Crippen molar-refractivity contribution in [3.8, 4) is 5.75 Å². The van der Waals surface area contributed by atoms with Crippen molar-refractivity contribution in [2.24, 2.45) is 0 Å². The molecule has 0 aliphatic carbocycles. The molecule has 31 heavy (non-hydrogen) atoms. The molecule has 0 atom stereocenters. The van der Waals surface area contributed by atoms with Crippen molar-refractivity contribution in [1.82, 2.24) is 5.32 Å². The highest BCUT2D eigenvalue weighted by Gasteiger charge is 2.14. The summed E-state index contributed by atoms with van der Waals surface area (Å²) >= 11 is 3.28. The van der Waals surface area contributed by atoms with Gasteiger partial charge in [-0.2, -0.15) is 8.78 Å². The summed E-state index contributed by atoms with van der Waals surface area (Å²) in [5, 5.41) is 5.50. The van der Waals surface area contributed by atoms with Crippen LogP contribution < -0.4 is 15.4 Å².